The Bertz CT molecular complexity index is 449. The lowest BCUT2D eigenvalue weighted by atomic mass is 10.1. The van der Waals surface area contributed by atoms with Gasteiger partial charge in [0.2, 0.25) is 5.91 Å². The van der Waals surface area contributed by atoms with Gasteiger partial charge in [0.15, 0.2) is 0 Å². The minimum absolute atomic E-state index is 0.0961. The fourth-order valence-electron chi connectivity index (χ4n) is 2.80. The van der Waals surface area contributed by atoms with Crippen LogP contribution in [0.4, 0.5) is 0 Å². The maximum atomic E-state index is 12.7. The summed E-state index contributed by atoms with van der Waals surface area (Å²) in [5.74, 6) is 0.340. The summed E-state index contributed by atoms with van der Waals surface area (Å²) < 4.78 is 0. The maximum Gasteiger partial charge on any atom is 0.226 e. The number of carbonyl (C=O) groups excluding carboxylic acids is 1. The Labute approximate surface area is 127 Å². The van der Waals surface area contributed by atoms with Gasteiger partial charge < -0.3 is 15.5 Å². The zero-order chi connectivity index (χ0) is 15.2. The molecule has 0 spiro atoms. The van der Waals surface area contributed by atoms with Gasteiger partial charge in [-0.25, -0.2) is 0 Å². The lowest BCUT2D eigenvalue weighted by molar-refractivity contribution is -0.136. The van der Waals surface area contributed by atoms with Gasteiger partial charge in [-0.1, -0.05) is 6.07 Å². The van der Waals surface area contributed by atoms with Crippen LogP contribution in [0.3, 0.4) is 0 Å². The Hall–Kier alpha value is -1.46. The van der Waals surface area contributed by atoms with E-state index in [9.17, 15) is 4.79 Å². The number of nitrogens with zero attached hydrogens (tertiary/aromatic N) is 3. The van der Waals surface area contributed by atoms with Crippen LogP contribution in [0, 0.1) is 5.92 Å². The molecular weight excluding hydrogens is 264 g/mol. The monoisotopic (exact) mass is 290 g/mol. The Morgan fingerprint density at radius 3 is 2.76 bits per heavy atom. The van der Waals surface area contributed by atoms with Crippen molar-refractivity contribution < 1.29 is 4.79 Å². The molecule has 0 radical (unpaired) electrons. The Morgan fingerprint density at radius 1 is 1.38 bits per heavy atom. The van der Waals surface area contributed by atoms with E-state index in [1.807, 2.05) is 37.3 Å². The van der Waals surface area contributed by atoms with E-state index in [1.54, 1.807) is 6.20 Å². The van der Waals surface area contributed by atoms with Crippen LogP contribution in [0.25, 0.3) is 0 Å². The molecule has 1 heterocycles. The molecule has 0 aliphatic heterocycles. The van der Waals surface area contributed by atoms with E-state index in [0.29, 0.717) is 6.54 Å². The minimum Gasteiger partial charge on any atom is -0.337 e. The molecular formula is C16H26N4O. The highest BCUT2D eigenvalue weighted by atomic mass is 16.2. The fraction of sp³-hybridized carbons (Fsp3) is 0.625. The summed E-state index contributed by atoms with van der Waals surface area (Å²) in [6, 6.07) is 4.12. The molecule has 116 valence electrons. The van der Waals surface area contributed by atoms with E-state index in [4.69, 9.17) is 5.73 Å². The van der Waals surface area contributed by atoms with Crippen molar-refractivity contribution in [3.05, 3.63) is 30.1 Å². The molecule has 1 aromatic heterocycles. The molecule has 21 heavy (non-hydrogen) atoms. The number of carbonyl (C=O) groups is 1. The van der Waals surface area contributed by atoms with E-state index in [0.717, 1.165) is 37.9 Å². The molecule has 0 aromatic carbocycles. The molecule has 1 fully saturated rings. The van der Waals surface area contributed by atoms with Crippen LogP contribution >= 0.6 is 0 Å². The summed E-state index contributed by atoms with van der Waals surface area (Å²) in [6.45, 7) is 2.24. The number of nitrogens with two attached hydrogens (primary N) is 1. The molecule has 1 saturated carbocycles. The first kappa shape index (κ1) is 15.9. The highest BCUT2D eigenvalue weighted by Crippen LogP contribution is 2.26. The number of aromatic nitrogens is 1. The fourth-order valence-corrected chi connectivity index (χ4v) is 2.80. The third-order valence-electron chi connectivity index (χ3n) is 4.05. The van der Waals surface area contributed by atoms with Crippen molar-refractivity contribution in [1.29, 1.82) is 0 Å². The average molecular weight is 290 g/mol. The molecule has 0 bridgehead atoms. The molecule has 2 rings (SSSR count). The second-order valence-electron chi connectivity index (χ2n) is 6.19. The van der Waals surface area contributed by atoms with Gasteiger partial charge in [-0.3, -0.25) is 9.78 Å². The molecule has 5 nitrogen and oxygen atoms in total. The third kappa shape index (κ3) is 4.79. The van der Waals surface area contributed by atoms with Gasteiger partial charge in [0.25, 0.3) is 0 Å². The predicted molar refractivity (Wildman–Crippen MR) is 83.5 cm³/mol. The number of hydrogen-bond acceptors (Lipinski definition) is 4. The van der Waals surface area contributed by atoms with E-state index in [2.05, 4.69) is 9.88 Å². The van der Waals surface area contributed by atoms with Crippen LogP contribution in [-0.4, -0.2) is 53.9 Å². The highest BCUT2D eigenvalue weighted by Gasteiger charge is 2.31. The van der Waals surface area contributed by atoms with Gasteiger partial charge >= 0.3 is 0 Å². The van der Waals surface area contributed by atoms with Crippen molar-refractivity contribution in [2.75, 3.05) is 27.2 Å². The van der Waals surface area contributed by atoms with E-state index in [1.165, 1.54) is 0 Å². The van der Waals surface area contributed by atoms with E-state index in [-0.39, 0.29) is 17.9 Å². The lowest BCUT2D eigenvalue weighted by Gasteiger charge is -2.27. The van der Waals surface area contributed by atoms with Crippen molar-refractivity contribution in [1.82, 2.24) is 14.8 Å². The number of amides is 1. The maximum absolute atomic E-state index is 12.7. The van der Waals surface area contributed by atoms with Crippen molar-refractivity contribution >= 4 is 5.91 Å². The van der Waals surface area contributed by atoms with Gasteiger partial charge in [-0.05, 0) is 45.0 Å². The molecule has 2 unspecified atom stereocenters. The quantitative estimate of drug-likeness (QED) is 0.852. The third-order valence-corrected chi connectivity index (χ3v) is 4.05. The summed E-state index contributed by atoms with van der Waals surface area (Å²) >= 11 is 0. The predicted octanol–water partition coefficient (Wildman–Crippen LogP) is 1.10. The second-order valence-corrected chi connectivity index (χ2v) is 6.19. The van der Waals surface area contributed by atoms with E-state index >= 15 is 0 Å². The van der Waals surface area contributed by atoms with Gasteiger partial charge in [-0.15, -0.1) is 0 Å². The lowest BCUT2D eigenvalue weighted by Crippen LogP contribution is -2.39. The molecule has 1 aliphatic rings. The summed E-state index contributed by atoms with van der Waals surface area (Å²) in [5.41, 5.74) is 7.02. The average Bonchev–Trinajstić information content (AvgIpc) is 2.90. The van der Waals surface area contributed by atoms with Crippen LogP contribution in [-0.2, 0) is 11.3 Å². The van der Waals surface area contributed by atoms with Crippen LogP contribution in [0.5, 0.6) is 0 Å². The highest BCUT2D eigenvalue weighted by molar-refractivity contribution is 5.79. The molecule has 5 heteroatoms. The number of hydrogen-bond donors (Lipinski definition) is 1. The van der Waals surface area contributed by atoms with Crippen molar-refractivity contribution in [2.45, 2.75) is 31.8 Å². The van der Waals surface area contributed by atoms with Gasteiger partial charge in [0.1, 0.15) is 0 Å². The summed E-state index contributed by atoms with van der Waals surface area (Å²) in [5, 5.41) is 0. The standard InChI is InChI=1S/C16H26N4O/c1-19(2)8-9-20(12-13-4-3-7-18-11-13)16(21)14-5-6-15(17)10-14/h3-4,7,11,14-15H,5-6,8-10,12,17H2,1-2H3. The Kier molecular flexibility index (Phi) is 5.70. The minimum atomic E-state index is 0.0961. The molecule has 2 atom stereocenters. The van der Waals surface area contributed by atoms with Gasteiger partial charge in [-0.2, -0.15) is 0 Å². The van der Waals surface area contributed by atoms with Crippen LogP contribution in [0.1, 0.15) is 24.8 Å². The molecule has 1 aliphatic carbocycles. The summed E-state index contributed by atoms with van der Waals surface area (Å²) in [4.78, 5) is 20.9. The zero-order valence-electron chi connectivity index (χ0n) is 13.0. The molecule has 0 saturated heterocycles. The zero-order valence-corrected chi connectivity index (χ0v) is 13.0. The van der Waals surface area contributed by atoms with Crippen molar-refractivity contribution in [3.8, 4) is 0 Å². The Morgan fingerprint density at radius 2 is 2.19 bits per heavy atom. The number of likely N-dealkylation sites (N-methyl/N-ethyl adjacent to an activating group) is 1. The van der Waals surface area contributed by atoms with Crippen molar-refractivity contribution in [2.24, 2.45) is 11.7 Å². The normalized spacial score (nSPS) is 21.7. The first-order chi connectivity index (χ1) is 10.1. The molecule has 2 N–H and O–H groups in total. The van der Waals surface area contributed by atoms with Crippen LogP contribution in [0.15, 0.2) is 24.5 Å². The Balaban J connectivity index is 2.02. The SMILES string of the molecule is CN(C)CCN(Cc1cccnc1)C(=O)C1CCC(N)C1. The van der Waals surface area contributed by atoms with Gasteiger partial charge in [0, 0.05) is 44.0 Å². The largest absolute Gasteiger partial charge is 0.337 e. The van der Waals surface area contributed by atoms with Gasteiger partial charge in [0.05, 0.1) is 0 Å². The molecule has 1 aromatic rings. The number of rotatable bonds is 6. The summed E-state index contributed by atoms with van der Waals surface area (Å²) in [6.07, 6.45) is 6.29. The van der Waals surface area contributed by atoms with Crippen LogP contribution < -0.4 is 5.73 Å². The van der Waals surface area contributed by atoms with Crippen LogP contribution in [0.2, 0.25) is 0 Å². The van der Waals surface area contributed by atoms with E-state index < -0.39 is 0 Å². The van der Waals surface area contributed by atoms with Crippen molar-refractivity contribution in [3.63, 3.8) is 0 Å². The smallest absolute Gasteiger partial charge is 0.226 e. The summed E-state index contributed by atoms with van der Waals surface area (Å²) in [7, 11) is 4.05. The first-order valence-electron chi connectivity index (χ1n) is 7.64. The molecule has 1 amide bonds. The first-order valence-corrected chi connectivity index (χ1v) is 7.64. The topological polar surface area (TPSA) is 62.5 Å². The second kappa shape index (κ2) is 7.52. The number of pyridine rings is 1.